The van der Waals surface area contributed by atoms with Gasteiger partial charge in [0.1, 0.15) is 0 Å². The second-order valence-corrected chi connectivity index (χ2v) is 3.36. The molecule has 0 radical (unpaired) electrons. The van der Waals surface area contributed by atoms with Crippen LogP contribution in [0.4, 0.5) is 0 Å². The van der Waals surface area contributed by atoms with Gasteiger partial charge in [-0.3, -0.25) is 4.79 Å². The zero-order chi connectivity index (χ0) is 9.73. The van der Waals surface area contributed by atoms with E-state index in [-0.39, 0.29) is 0 Å². The summed E-state index contributed by atoms with van der Waals surface area (Å²) < 4.78 is 0. The van der Waals surface area contributed by atoms with E-state index in [0.29, 0.717) is 0 Å². The number of aliphatic hydroxyl groups is 1. The molecule has 0 aliphatic heterocycles. The van der Waals surface area contributed by atoms with E-state index in [1.54, 1.807) is 13.8 Å². The van der Waals surface area contributed by atoms with Gasteiger partial charge in [0.25, 0.3) is 0 Å². The molecule has 5 nitrogen and oxygen atoms in total. The van der Waals surface area contributed by atoms with Crippen molar-refractivity contribution in [3.05, 3.63) is 0 Å². The minimum absolute atomic E-state index is 0.480. The molecule has 1 fully saturated rings. The normalized spacial score (nSPS) is 40.2. The second-order valence-electron chi connectivity index (χ2n) is 3.36. The van der Waals surface area contributed by atoms with Crippen molar-refractivity contribution >= 4 is 11.8 Å². The maximum Gasteiger partial charge on any atom is 0.335 e. The van der Waals surface area contributed by atoms with Crippen molar-refractivity contribution in [2.24, 2.45) is 11.7 Å². The SMILES string of the molecule is CC(C)C1(O)C(=O)C1(N)C(=O)O. The molecule has 1 rings (SSSR count). The van der Waals surface area contributed by atoms with E-state index in [2.05, 4.69) is 0 Å². The molecule has 0 spiro atoms. The monoisotopic (exact) mass is 173 g/mol. The van der Waals surface area contributed by atoms with Crippen LogP contribution in [-0.2, 0) is 9.59 Å². The van der Waals surface area contributed by atoms with Crippen molar-refractivity contribution < 1.29 is 19.8 Å². The van der Waals surface area contributed by atoms with Gasteiger partial charge >= 0.3 is 5.97 Å². The van der Waals surface area contributed by atoms with Crippen molar-refractivity contribution in [1.29, 1.82) is 0 Å². The second kappa shape index (κ2) is 2.05. The van der Waals surface area contributed by atoms with Gasteiger partial charge in [-0.25, -0.2) is 4.79 Å². The predicted octanol–water partition coefficient (Wildman–Crippen LogP) is -1.26. The third-order valence-corrected chi connectivity index (χ3v) is 2.42. The first kappa shape index (κ1) is 9.15. The maximum atomic E-state index is 11.0. The highest BCUT2D eigenvalue weighted by Gasteiger charge is 2.81. The van der Waals surface area contributed by atoms with Crippen LogP contribution >= 0.6 is 0 Å². The quantitative estimate of drug-likeness (QED) is 0.452. The van der Waals surface area contributed by atoms with Crippen LogP contribution < -0.4 is 5.73 Å². The number of rotatable bonds is 2. The molecule has 0 saturated heterocycles. The summed E-state index contributed by atoms with van der Waals surface area (Å²) in [7, 11) is 0. The minimum atomic E-state index is -2.08. The third kappa shape index (κ3) is 0.651. The van der Waals surface area contributed by atoms with E-state index in [1.807, 2.05) is 0 Å². The van der Waals surface area contributed by atoms with Crippen molar-refractivity contribution in [3.63, 3.8) is 0 Å². The molecule has 4 N–H and O–H groups in total. The molecule has 68 valence electrons. The van der Waals surface area contributed by atoms with E-state index in [9.17, 15) is 14.7 Å². The fourth-order valence-corrected chi connectivity index (χ4v) is 1.38. The summed E-state index contributed by atoms with van der Waals surface area (Å²) in [5, 5.41) is 18.1. The van der Waals surface area contributed by atoms with Crippen LogP contribution in [0.15, 0.2) is 0 Å². The predicted molar refractivity (Wildman–Crippen MR) is 39.3 cm³/mol. The first-order valence-corrected chi connectivity index (χ1v) is 3.59. The Morgan fingerprint density at radius 1 is 1.58 bits per heavy atom. The Morgan fingerprint density at radius 2 is 2.00 bits per heavy atom. The van der Waals surface area contributed by atoms with Gasteiger partial charge in [-0.2, -0.15) is 0 Å². The van der Waals surface area contributed by atoms with E-state index >= 15 is 0 Å². The molecular weight excluding hydrogens is 162 g/mol. The lowest BCUT2D eigenvalue weighted by molar-refractivity contribution is -0.142. The highest BCUT2D eigenvalue weighted by atomic mass is 16.4. The first-order valence-electron chi connectivity index (χ1n) is 3.59. The summed E-state index contributed by atoms with van der Waals surface area (Å²) >= 11 is 0. The fourth-order valence-electron chi connectivity index (χ4n) is 1.38. The summed E-state index contributed by atoms with van der Waals surface area (Å²) in [6.07, 6.45) is 0. The van der Waals surface area contributed by atoms with Crippen LogP contribution in [0.5, 0.6) is 0 Å². The van der Waals surface area contributed by atoms with Gasteiger partial charge in [-0.05, 0) is 5.92 Å². The van der Waals surface area contributed by atoms with Gasteiger partial charge in [0.15, 0.2) is 5.60 Å². The van der Waals surface area contributed by atoms with Crippen LogP contribution in [0.25, 0.3) is 0 Å². The number of carbonyl (C=O) groups is 2. The van der Waals surface area contributed by atoms with Gasteiger partial charge in [-0.1, -0.05) is 13.8 Å². The number of Topliss-reactive ketones (excluding diaryl/α,β-unsaturated/α-hetero) is 1. The van der Waals surface area contributed by atoms with E-state index < -0.39 is 28.8 Å². The molecule has 1 aliphatic carbocycles. The Morgan fingerprint density at radius 3 is 2.08 bits per heavy atom. The molecule has 0 heterocycles. The Labute approximate surface area is 69.2 Å². The van der Waals surface area contributed by atoms with E-state index in [1.165, 1.54) is 0 Å². The smallest absolute Gasteiger partial charge is 0.335 e. The number of hydrogen-bond acceptors (Lipinski definition) is 4. The summed E-state index contributed by atoms with van der Waals surface area (Å²) in [4.78, 5) is 21.5. The molecule has 12 heavy (non-hydrogen) atoms. The number of carboxylic acid groups (broad SMARTS) is 1. The topological polar surface area (TPSA) is 101 Å². The van der Waals surface area contributed by atoms with Crippen molar-refractivity contribution in [2.75, 3.05) is 0 Å². The third-order valence-electron chi connectivity index (χ3n) is 2.42. The van der Waals surface area contributed by atoms with E-state index in [0.717, 1.165) is 0 Å². The van der Waals surface area contributed by atoms with Crippen LogP contribution in [0, 0.1) is 5.92 Å². The number of ketones is 1. The fraction of sp³-hybridized carbons (Fsp3) is 0.714. The zero-order valence-electron chi connectivity index (χ0n) is 6.87. The molecule has 2 unspecified atom stereocenters. The van der Waals surface area contributed by atoms with Crippen molar-refractivity contribution in [1.82, 2.24) is 0 Å². The average Bonchev–Trinajstić information content (AvgIpc) is 2.39. The zero-order valence-corrected chi connectivity index (χ0v) is 6.87. The number of carbonyl (C=O) groups excluding carboxylic acids is 1. The molecule has 0 aromatic heterocycles. The molecule has 1 saturated carbocycles. The lowest BCUT2D eigenvalue weighted by Crippen LogP contribution is -2.45. The molecular formula is C7H11NO4. The Bertz CT molecular complexity index is 262. The maximum absolute atomic E-state index is 11.0. The Kier molecular flexibility index (Phi) is 1.56. The summed E-state index contributed by atoms with van der Waals surface area (Å²) in [5.41, 5.74) is 1.25. The lowest BCUT2D eigenvalue weighted by Gasteiger charge is -2.13. The molecule has 2 atom stereocenters. The van der Waals surface area contributed by atoms with E-state index in [4.69, 9.17) is 10.8 Å². The summed E-state index contributed by atoms with van der Waals surface area (Å²) in [6, 6.07) is 0. The van der Waals surface area contributed by atoms with Gasteiger partial charge in [0.05, 0.1) is 0 Å². The van der Waals surface area contributed by atoms with Gasteiger partial charge < -0.3 is 15.9 Å². The number of carboxylic acids is 1. The minimum Gasteiger partial charge on any atom is -0.479 e. The van der Waals surface area contributed by atoms with Crippen LogP contribution in [0.1, 0.15) is 13.8 Å². The Balaban J connectivity index is 3.04. The highest BCUT2D eigenvalue weighted by Crippen LogP contribution is 2.46. The number of aliphatic carboxylic acids is 1. The molecule has 5 heteroatoms. The standard InChI is InChI=1S/C7H11NO4/c1-3(2)7(12)4(9)6(7,8)5(10)11/h3,12H,8H2,1-2H3,(H,10,11). The van der Waals surface area contributed by atoms with Crippen molar-refractivity contribution in [3.8, 4) is 0 Å². The molecule has 0 aromatic carbocycles. The first-order chi connectivity index (χ1) is 5.29. The van der Waals surface area contributed by atoms with Gasteiger partial charge in [0, 0.05) is 0 Å². The summed E-state index contributed by atoms with van der Waals surface area (Å²) in [6.45, 7) is 3.10. The van der Waals surface area contributed by atoms with Gasteiger partial charge in [-0.15, -0.1) is 0 Å². The largest absolute Gasteiger partial charge is 0.479 e. The molecule has 0 bridgehead atoms. The molecule has 0 aromatic rings. The Hall–Kier alpha value is -0.940. The molecule has 0 amide bonds. The number of nitrogens with two attached hydrogens (primary N) is 1. The average molecular weight is 173 g/mol. The molecule has 1 aliphatic rings. The van der Waals surface area contributed by atoms with Crippen molar-refractivity contribution in [2.45, 2.75) is 25.0 Å². The number of hydrogen-bond donors (Lipinski definition) is 3. The highest BCUT2D eigenvalue weighted by molar-refractivity contribution is 6.29. The van der Waals surface area contributed by atoms with Crippen LogP contribution in [0.2, 0.25) is 0 Å². The lowest BCUT2D eigenvalue weighted by atomic mass is 10.0. The van der Waals surface area contributed by atoms with Gasteiger partial charge in [0.2, 0.25) is 11.3 Å². The summed E-state index contributed by atoms with van der Waals surface area (Å²) in [5.74, 6) is -2.76. The van der Waals surface area contributed by atoms with Crippen LogP contribution in [-0.4, -0.2) is 33.1 Å². The van der Waals surface area contributed by atoms with Crippen LogP contribution in [0.3, 0.4) is 0 Å².